The minimum Gasteiger partial charge on any atom is -0.483 e. The Morgan fingerprint density at radius 3 is 2.25 bits per heavy atom. The number of hydrogen-bond acceptors (Lipinski definition) is 3. The third-order valence-corrected chi connectivity index (χ3v) is 6.24. The van der Waals surface area contributed by atoms with E-state index < -0.39 is 6.04 Å². The van der Waals surface area contributed by atoms with Crippen LogP contribution in [0, 0.1) is 6.92 Å². The van der Waals surface area contributed by atoms with Crippen LogP contribution >= 0.6 is 15.9 Å². The average molecular weight is 503 g/mol. The van der Waals surface area contributed by atoms with Crippen LogP contribution in [-0.2, 0) is 22.6 Å². The Bertz CT molecular complexity index is 898. The van der Waals surface area contributed by atoms with Crippen molar-refractivity contribution < 1.29 is 14.3 Å². The van der Waals surface area contributed by atoms with Crippen LogP contribution in [0.15, 0.2) is 46.9 Å². The van der Waals surface area contributed by atoms with Crippen molar-refractivity contribution in [2.45, 2.75) is 72.5 Å². The predicted octanol–water partition coefficient (Wildman–Crippen LogP) is 5.42. The summed E-state index contributed by atoms with van der Waals surface area (Å²) in [5.74, 6) is 0.266. The molecular weight excluding hydrogens is 468 g/mol. The summed E-state index contributed by atoms with van der Waals surface area (Å²) in [6.45, 7) is 10.2. The number of carbonyl (C=O) groups is 2. The van der Waals surface area contributed by atoms with Gasteiger partial charge in [0.25, 0.3) is 5.91 Å². The Kier molecular flexibility index (Phi) is 10.2. The Hall–Kier alpha value is -2.34. The molecule has 2 aromatic carbocycles. The molecule has 0 unspecified atom stereocenters. The fraction of sp³-hybridized carbons (Fsp3) is 0.462. The van der Waals surface area contributed by atoms with Crippen LogP contribution in [0.3, 0.4) is 0 Å². The largest absolute Gasteiger partial charge is 0.483 e. The van der Waals surface area contributed by atoms with Crippen LogP contribution in [0.1, 0.15) is 57.2 Å². The second kappa shape index (κ2) is 12.6. The van der Waals surface area contributed by atoms with Crippen LogP contribution in [-0.4, -0.2) is 35.4 Å². The molecule has 32 heavy (non-hydrogen) atoms. The maximum absolute atomic E-state index is 13.3. The first kappa shape index (κ1) is 25.9. The summed E-state index contributed by atoms with van der Waals surface area (Å²) in [4.78, 5) is 27.9. The first-order valence-electron chi connectivity index (χ1n) is 11.4. The van der Waals surface area contributed by atoms with E-state index in [9.17, 15) is 9.59 Å². The van der Waals surface area contributed by atoms with Crippen molar-refractivity contribution in [3.05, 3.63) is 63.6 Å². The van der Waals surface area contributed by atoms with E-state index in [2.05, 4.69) is 28.2 Å². The molecule has 0 saturated heterocycles. The number of hydrogen-bond donors (Lipinski definition) is 1. The van der Waals surface area contributed by atoms with Gasteiger partial charge < -0.3 is 15.0 Å². The van der Waals surface area contributed by atoms with Crippen LogP contribution in [0.25, 0.3) is 0 Å². The van der Waals surface area contributed by atoms with E-state index in [1.807, 2.05) is 70.2 Å². The van der Waals surface area contributed by atoms with Gasteiger partial charge in [0.15, 0.2) is 6.61 Å². The number of aryl methyl sites for hydroxylation is 2. The van der Waals surface area contributed by atoms with Crippen LogP contribution in [0.2, 0.25) is 0 Å². The molecule has 0 fully saturated rings. The highest BCUT2D eigenvalue weighted by Gasteiger charge is 2.29. The zero-order chi connectivity index (χ0) is 23.7. The van der Waals surface area contributed by atoms with Gasteiger partial charge in [-0.25, -0.2) is 0 Å². The molecule has 2 atom stereocenters. The van der Waals surface area contributed by atoms with E-state index >= 15 is 0 Å². The lowest BCUT2D eigenvalue weighted by molar-refractivity contribution is -0.143. The smallest absolute Gasteiger partial charge is 0.261 e. The second-order valence-corrected chi connectivity index (χ2v) is 9.01. The fourth-order valence-electron chi connectivity index (χ4n) is 3.35. The van der Waals surface area contributed by atoms with Gasteiger partial charge in [-0.15, -0.1) is 0 Å². The monoisotopic (exact) mass is 502 g/mol. The second-order valence-electron chi connectivity index (χ2n) is 8.16. The Labute approximate surface area is 200 Å². The lowest BCUT2D eigenvalue weighted by Gasteiger charge is -2.31. The van der Waals surface area contributed by atoms with Gasteiger partial charge in [0.2, 0.25) is 5.91 Å². The van der Waals surface area contributed by atoms with Gasteiger partial charge in [-0.2, -0.15) is 0 Å². The van der Waals surface area contributed by atoms with Gasteiger partial charge >= 0.3 is 0 Å². The zero-order valence-electron chi connectivity index (χ0n) is 19.8. The summed E-state index contributed by atoms with van der Waals surface area (Å²) >= 11 is 3.52. The summed E-state index contributed by atoms with van der Waals surface area (Å²) in [7, 11) is 0. The maximum Gasteiger partial charge on any atom is 0.261 e. The molecule has 5 nitrogen and oxygen atoms in total. The van der Waals surface area contributed by atoms with Crippen molar-refractivity contribution in [3.63, 3.8) is 0 Å². The van der Waals surface area contributed by atoms with Crippen LogP contribution in [0.5, 0.6) is 5.75 Å². The standard InChI is InChI=1S/C26H35BrN2O3/c1-6-19(5)28-26(31)23(8-3)29(16-21-11-9-18(4)10-12-21)25(30)17-32-24-14-13-20(7-2)15-22(24)27/h9-15,19,23H,6-8,16-17H2,1-5H3,(H,28,31)/t19-,23+/m1/s1. The molecule has 6 heteroatoms. The number of nitrogens with zero attached hydrogens (tertiary/aromatic N) is 1. The summed E-state index contributed by atoms with van der Waals surface area (Å²) in [6, 6.07) is 13.4. The van der Waals surface area contributed by atoms with Crippen molar-refractivity contribution in [1.82, 2.24) is 10.2 Å². The molecule has 2 amide bonds. The van der Waals surface area contributed by atoms with Crippen molar-refractivity contribution in [2.24, 2.45) is 0 Å². The molecule has 0 aliphatic rings. The molecule has 0 radical (unpaired) electrons. The maximum atomic E-state index is 13.3. The van der Waals surface area contributed by atoms with Crippen molar-refractivity contribution in [1.29, 1.82) is 0 Å². The quantitative estimate of drug-likeness (QED) is 0.446. The van der Waals surface area contributed by atoms with Crippen molar-refractivity contribution in [3.8, 4) is 5.75 Å². The third kappa shape index (κ3) is 7.37. The normalized spacial score (nSPS) is 12.7. The summed E-state index contributed by atoms with van der Waals surface area (Å²) < 4.78 is 6.66. The van der Waals surface area contributed by atoms with Gasteiger partial charge in [0.1, 0.15) is 11.8 Å². The number of nitrogens with one attached hydrogen (secondary N) is 1. The predicted molar refractivity (Wildman–Crippen MR) is 133 cm³/mol. The molecule has 0 bridgehead atoms. The SMILES string of the molecule is CCc1ccc(OCC(=O)N(Cc2ccc(C)cc2)[C@@H](CC)C(=O)N[C@H](C)CC)c(Br)c1. The summed E-state index contributed by atoms with van der Waals surface area (Å²) in [5.41, 5.74) is 3.31. The third-order valence-electron chi connectivity index (χ3n) is 5.62. The molecule has 2 rings (SSSR count). The van der Waals surface area contributed by atoms with Gasteiger partial charge in [-0.1, -0.05) is 56.7 Å². The molecule has 0 aliphatic carbocycles. The Morgan fingerprint density at radius 2 is 1.69 bits per heavy atom. The van der Waals surface area contributed by atoms with E-state index in [-0.39, 0.29) is 24.5 Å². The van der Waals surface area contributed by atoms with Gasteiger partial charge in [-0.3, -0.25) is 9.59 Å². The molecule has 1 N–H and O–H groups in total. The lowest BCUT2D eigenvalue weighted by Crippen LogP contribution is -2.51. The molecule has 0 aromatic heterocycles. The minimum absolute atomic E-state index is 0.0529. The number of ether oxygens (including phenoxy) is 1. The lowest BCUT2D eigenvalue weighted by atomic mass is 10.1. The van der Waals surface area contributed by atoms with E-state index in [0.29, 0.717) is 18.7 Å². The number of carbonyl (C=O) groups excluding carboxylic acids is 2. The molecular formula is C26H35BrN2O3. The number of halogens is 1. The van der Waals surface area contributed by atoms with E-state index in [1.54, 1.807) is 4.90 Å². The summed E-state index contributed by atoms with van der Waals surface area (Å²) in [5, 5.41) is 3.03. The highest BCUT2D eigenvalue weighted by atomic mass is 79.9. The molecule has 0 aliphatic heterocycles. The Morgan fingerprint density at radius 1 is 1.03 bits per heavy atom. The number of amides is 2. The van der Waals surface area contributed by atoms with E-state index in [1.165, 1.54) is 5.56 Å². The van der Waals surface area contributed by atoms with Crippen molar-refractivity contribution >= 4 is 27.7 Å². The van der Waals surface area contributed by atoms with Gasteiger partial charge in [-0.05, 0) is 72.3 Å². The summed E-state index contributed by atoms with van der Waals surface area (Å²) in [6.07, 6.45) is 2.28. The first-order chi connectivity index (χ1) is 15.3. The van der Waals surface area contributed by atoms with Crippen molar-refractivity contribution in [2.75, 3.05) is 6.61 Å². The van der Waals surface area contributed by atoms with Gasteiger partial charge in [0.05, 0.1) is 4.47 Å². The molecule has 2 aromatic rings. The van der Waals surface area contributed by atoms with Crippen LogP contribution in [0.4, 0.5) is 0 Å². The number of rotatable bonds is 11. The molecule has 0 saturated carbocycles. The molecule has 174 valence electrons. The van der Waals surface area contributed by atoms with Gasteiger partial charge in [0, 0.05) is 12.6 Å². The van der Waals surface area contributed by atoms with Crippen LogP contribution < -0.4 is 10.1 Å². The minimum atomic E-state index is -0.563. The number of benzene rings is 2. The molecule has 0 heterocycles. The Balaban J connectivity index is 2.22. The van der Waals surface area contributed by atoms with E-state index in [0.717, 1.165) is 28.4 Å². The topological polar surface area (TPSA) is 58.6 Å². The average Bonchev–Trinajstić information content (AvgIpc) is 2.78. The fourth-order valence-corrected chi connectivity index (χ4v) is 3.90. The molecule has 0 spiro atoms. The first-order valence-corrected chi connectivity index (χ1v) is 12.1. The highest BCUT2D eigenvalue weighted by Crippen LogP contribution is 2.26. The highest BCUT2D eigenvalue weighted by molar-refractivity contribution is 9.10. The zero-order valence-corrected chi connectivity index (χ0v) is 21.4. The van der Waals surface area contributed by atoms with E-state index in [4.69, 9.17) is 4.74 Å².